The van der Waals surface area contributed by atoms with Crippen LogP contribution < -0.4 is 20.7 Å². The Morgan fingerprint density at radius 3 is 2.76 bits per heavy atom. The summed E-state index contributed by atoms with van der Waals surface area (Å²) in [6, 6.07) is 12.6. The number of para-hydroxylation sites is 1. The van der Waals surface area contributed by atoms with Crippen LogP contribution in [-0.4, -0.2) is 30.9 Å². The molecule has 1 unspecified atom stereocenters. The second-order valence-electron chi connectivity index (χ2n) is 5.55. The molecular weight excluding hydrogens is 322 g/mol. The number of hydrogen-bond donors (Lipinski definition) is 3. The fourth-order valence-corrected chi connectivity index (χ4v) is 2.55. The van der Waals surface area contributed by atoms with Crippen LogP contribution in [0.15, 0.2) is 48.5 Å². The molecule has 0 saturated carbocycles. The molecule has 0 aliphatic carbocycles. The van der Waals surface area contributed by atoms with Crippen LogP contribution in [0.5, 0.6) is 5.75 Å². The Morgan fingerprint density at radius 2 is 1.96 bits per heavy atom. The van der Waals surface area contributed by atoms with E-state index >= 15 is 0 Å². The summed E-state index contributed by atoms with van der Waals surface area (Å²) in [5.41, 5.74) is 1.35. The zero-order valence-corrected chi connectivity index (χ0v) is 13.5. The Balaban J connectivity index is 1.69. The number of carbonyl (C=O) groups excluding carboxylic acids is 3. The number of amides is 3. The molecule has 0 aromatic heterocycles. The molecule has 3 N–H and O–H groups in total. The number of fused-ring (bicyclic) bond motifs is 1. The third-order valence-electron chi connectivity index (χ3n) is 3.79. The summed E-state index contributed by atoms with van der Waals surface area (Å²) in [4.78, 5) is 36.8. The molecule has 0 radical (unpaired) electrons. The lowest BCUT2D eigenvalue weighted by Crippen LogP contribution is -2.43. The highest BCUT2D eigenvalue weighted by Gasteiger charge is 2.29. The van der Waals surface area contributed by atoms with Crippen LogP contribution in [-0.2, 0) is 9.59 Å². The number of ether oxygens (including phenoxy) is 1. The molecule has 3 amide bonds. The minimum Gasteiger partial charge on any atom is -0.497 e. The molecule has 7 heteroatoms. The van der Waals surface area contributed by atoms with Crippen molar-refractivity contribution < 1.29 is 19.1 Å². The van der Waals surface area contributed by atoms with Gasteiger partial charge in [0.05, 0.1) is 24.8 Å². The predicted molar refractivity (Wildman–Crippen MR) is 92.6 cm³/mol. The van der Waals surface area contributed by atoms with Crippen molar-refractivity contribution in [2.45, 2.75) is 12.5 Å². The normalized spacial score (nSPS) is 16.1. The van der Waals surface area contributed by atoms with E-state index in [1.807, 2.05) is 0 Å². The van der Waals surface area contributed by atoms with E-state index in [0.29, 0.717) is 22.7 Å². The van der Waals surface area contributed by atoms with Crippen molar-refractivity contribution >= 4 is 29.1 Å². The van der Waals surface area contributed by atoms with Gasteiger partial charge in [-0.2, -0.15) is 0 Å². The first kappa shape index (κ1) is 16.5. The number of benzene rings is 2. The van der Waals surface area contributed by atoms with Crippen LogP contribution in [0.4, 0.5) is 11.4 Å². The molecule has 0 spiro atoms. The molecule has 1 atom stereocenters. The molecule has 0 fully saturated rings. The van der Waals surface area contributed by atoms with Crippen LogP contribution in [0.2, 0.25) is 0 Å². The van der Waals surface area contributed by atoms with Gasteiger partial charge in [-0.15, -0.1) is 0 Å². The van der Waals surface area contributed by atoms with Gasteiger partial charge in [-0.05, 0) is 24.3 Å². The summed E-state index contributed by atoms with van der Waals surface area (Å²) in [6.45, 7) is 0. The number of nitrogens with one attached hydrogen (secondary N) is 3. The molecule has 7 nitrogen and oxygen atoms in total. The van der Waals surface area contributed by atoms with E-state index in [1.54, 1.807) is 48.5 Å². The Kier molecular flexibility index (Phi) is 4.65. The number of methoxy groups -OCH3 is 1. The lowest BCUT2D eigenvalue weighted by molar-refractivity contribution is -0.122. The van der Waals surface area contributed by atoms with Gasteiger partial charge in [-0.1, -0.05) is 18.2 Å². The first-order valence-electron chi connectivity index (χ1n) is 7.71. The molecule has 1 heterocycles. The predicted octanol–water partition coefficient (Wildman–Crippen LogP) is 1.77. The highest BCUT2D eigenvalue weighted by molar-refractivity contribution is 6.11. The highest BCUT2D eigenvalue weighted by atomic mass is 16.5. The average molecular weight is 339 g/mol. The number of rotatable bonds is 4. The monoisotopic (exact) mass is 339 g/mol. The maximum absolute atomic E-state index is 12.3. The summed E-state index contributed by atoms with van der Waals surface area (Å²) < 4.78 is 5.10. The topological polar surface area (TPSA) is 96.5 Å². The number of anilines is 2. The molecule has 0 saturated heterocycles. The maximum atomic E-state index is 12.3. The fourth-order valence-electron chi connectivity index (χ4n) is 2.55. The van der Waals surface area contributed by atoms with Gasteiger partial charge in [0.1, 0.15) is 11.8 Å². The second kappa shape index (κ2) is 7.04. The Labute approximate surface area is 144 Å². The van der Waals surface area contributed by atoms with E-state index in [-0.39, 0.29) is 12.3 Å². The van der Waals surface area contributed by atoms with Gasteiger partial charge in [-0.25, -0.2) is 0 Å². The van der Waals surface area contributed by atoms with Crippen LogP contribution in [0.1, 0.15) is 16.8 Å². The average Bonchev–Trinajstić information content (AvgIpc) is 2.72. The van der Waals surface area contributed by atoms with Gasteiger partial charge < -0.3 is 20.7 Å². The van der Waals surface area contributed by atoms with Gasteiger partial charge in [0.25, 0.3) is 5.91 Å². The molecule has 128 valence electrons. The quantitative estimate of drug-likeness (QED) is 0.791. The largest absolute Gasteiger partial charge is 0.497 e. The molecule has 2 aromatic rings. The second-order valence-corrected chi connectivity index (χ2v) is 5.55. The standard InChI is InChI=1S/C18H17N3O4/c1-25-12-6-4-5-11(9-12)19-16(22)10-15-18(24)20-14-8-3-2-7-13(14)17(23)21-15/h2-9,15H,10H2,1H3,(H,19,22)(H,20,24)(H,21,23). The first-order chi connectivity index (χ1) is 12.1. The van der Waals surface area contributed by atoms with Crippen molar-refractivity contribution in [3.8, 4) is 5.75 Å². The summed E-state index contributed by atoms with van der Waals surface area (Å²) in [5.74, 6) is -0.611. The lowest BCUT2D eigenvalue weighted by Gasteiger charge is -2.14. The molecule has 1 aliphatic heterocycles. The molecular formula is C18H17N3O4. The summed E-state index contributed by atoms with van der Waals surface area (Å²) in [6.07, 6.45) is -0.178. The maximum Gasteiger partial charge on any atom is 0.254 e. The number of carbonyl (C=O) groups is 3. The molecule has 1 aliphatic rings. The molecule has 3 rings (SSSR count). The van der Waals surface area contributed by atoms with Crippen molar-refractivity contribution in [3.63, 3.8) is 0 Å². The van der Waals surface area contributed by atoms with Crippen molar-refractivity contribution in [1.29, 1.82) is 0 Å². The molecule has 2 aromatic carbocycles. The highest BCUT2D eigenvalue weighted by Crippen LogP contribution is 2.20. The number of hydrogen-bond acceptors (Lipinski definition) is 4. The van der Waals surface area contributed by atoms with Crippen LogP contribution >= 0.6 is 0 Å². The van der Waals surface area contributed by atoms with Crippen molar-refractivity contribution in [3.05, 3.63) is 54.1 Å². The van der Waals surface area contributed by atoms with Crippen molar-refractivity contribution in [1.82, 2.24) is 5.32 Å². The van der Waals surface area contributed by atoms with E-state index in [4.69, 9.17) is 4.74 Å². The van der Waals surface area contributed by atoms with Crippen LogP contribution in [0, 0.1) is 0 Å². The Hall–Kier alpha value is -3.35. The van der Waals surface area contributed by atoms with Gasteiger partial charge >= 0.3 is 0 Å². The van der Waals surface area contributed by atoms with Gasteiger partial charge in [0.2, 0.25) is 11.8 Å². The van der Waals surface area contributed by atoms with Gasteiger partial charge in [0, 0.05) is 11.8 Å². The lowest BCUT2D eigenvalue weighted by atomic mass is 10.1. The fraction of sp³-hybridized carbons (Fsp3) is 0.167. The summed E-state index contributed by atoms with van der Waals surface area (Å²) in [7, 11) is 1.53. The molecule has 0 bridgehead atoms. The van der Waals surface area contributed by atoms with Gasteiger partial charge in [-0.3, -0.25) is 14.4 Å². The van der Waals surface area contributed by atoms with Crippen LogP contribution in [0.25, 0.3) is 0 Å². The van der Waals surface area contributed by atoms with E-state index in [0.717, 1.165) is 0 Å². The first-order valence-corrected chi connectivity index (χ1v) is 7.71. The Morgan fingerprint density at radius 1 is 1.16 bits per heavy atom. The van der Waals surface area contributed by atoms with Crippen molar-refractivity contribution in [2.24, 2.45) is 0 Å². The van der Waals surface area contributed by atoms with Gasteiger partial charge in [0.15, 0.2) is 0 Å². The zero-order valence-electron chi connectivity index (χ0n) is 13.5. The zero-order chi connectivity index (χ0) is 17.8. The Bertz CT molecular complexity index is 835. The van der Waals surface area contributed by atoms with Crippen LogP contribution in [0.3, 0.4) is 0 Å². The minimum absolute atomic E-state index is 0.178. The summed E-state index contributed by atoms with van der Waals surface area (Å²) >= 11 is 0. The third kappa shape index (κ3) is 3.77. The van der Waals surface area contributed by atoms with Crippen molar-refractivity contribution in [2.75, 3.05) is 17.7 Å². The van der Waals surface area contributed by atoms with E-state index in [1.165, 1.54) is 7.11 Å². The SMILES string of the molecule is COc1cccc(NC(=O)CC2NC(=O)c3ccccc3NC2=O)c1. The smallest absolute Gasteiger partial charge is 0.254 e. The van der Waals surface area contributed by atoms with E-state index < -0.39 is 17.9 Å². The molecule has 25 heavy (non-hydrogen) atoms. The third-order valence-corrected chi connectivity index (χ3v) is 3.79. The minimum atomic E-state index is -0.953. The van der Waals surface area contributed by atoms with E-state index in [2.05, 4.69) is 16.0 Å². The summed E-state index contributed by atoms with van der Waals surface area (Å²) in [5, 5.41) is 7.95. The van der Waals surface area contributed by atoms with E-state index in [9.17, 15) is 14.4 Å².